The number of hydrogen-bond acceptors (Lipinski definition) is 5. The van der Waals surface area contributed by atoms with Gasteiger partial charge in [0.25, 0.3) is 10.1 Å². The molecule has 7 nitrogen and oxygen atoms in total. The number of aryl methyl sites for hydroxylation is 1. The predicted molar refractivity (Wildman–Crippen MR) is 78.0 cm³/mol. The highest BCUT2D eigenvalue weighted by Gasteiger charge is 2.44. The first-order valence-electron chi connectivity index (χ1n) is 6.76. The molecule has 1 aromatic rings. The molecule has 1 atom stereocenters. The minimum absolute atomic E-state index is 0.0400. The molecule has 1 N–H and O–H groups in total. The Balaban J connectivity index is 2.09. The van der Waals surface area contributed by atoms with Gasteiger partial charge in [0.15, 0.2) is 0 Å². The van der Waals surface area contributed by atoms with Crippen LogP contribution >= 0.6 is 0 Å². The summed E-state index contributed by atoms with van der Waals surface area (Å²) in [5.41, 5.74) is -0.0741. The van der Waals surface area contributed by atoms with Crippen LogP contribution in [0.5, 0.6) is 0 Å². The first kappa shape index (κ1) is 16.7. The first-order chi connectivity index (χ1) is 10.1. The lowest BCUT2D eigenvalue weighted by Crippen LogP contribution is -2.48. The monoisotopic (exact) mass is 329 g/mol. The number of nitrogens with zero attached hydrogens (tertiary/aromatic N) is 1. The van der Waals surface area contributed by atoms with Crippen LogP contribution in [0.1, 0.15) is 19.4 Å². The Bertz CT molecular complexity index is 652. The molecular formula is C14H19NO6S. The second kappa shape index (κ2) is 5.86. The summed E-state index contributed by atoms with van der Waals surface area (Å²) in [5.74, 6) is 0. The summed E-state index contributed by atoms with van der Waals surface area (Å²) in [6, 6.07) is 5.57. The number of carboxylic acid groups (broad SMARTS) is 1. The zero-order chi connectivity index (χ0) is 16.5. The van der Waals surface area contributed by atoms with Crippen LogP contribution in [0.4, 0.5) is 4.79 Å². The maximum atomic E-state index is 12.1. The molecule has 1 aliphatic rings. The second-order valence-electron chi connectivity index (χ2n) is 5.62. The minimum atomic E-state index is -3.93. The van der Waals surface area contributed by atoms with E-state index in [2.05, 4.69) is 0 Å². The molecule has 1 aliphatic heterocycles. The quantitative estimate of drug-likeness (QED) is 0.847. The molecule has 1 fully saturated rings. The van der Waals surface area contributed by atoms with Gasteiger partial charge >= 0.3 is 6.09 Å². The van der Waals surface area contributed by atoms with Crippen LogP contribution in [0.3, 0.4) is 0 Å². The second-order valence-corrected chi connectivity index (χ2v) is 7.23. The molecule has 122 valence electrons. The fourth-order valence-electron chi connectivity index (χ4n) is 2.33. The van der Waals surface area contributed by atoms with E-state index < -0.39 is 28.0 Å². The van der Waals surface area contributed by atoms with Crippen LogP contribution in [0, 0.1) is 6.92 Å². The van der Waals surface area contributed by atoms with E-state index in [4.69, 9.17) is 8.92 Å². The Kier molecular flexibility index (Phi) is 4.46. The zero-order valence-electron chi connectivity index (χ0n) is 12.6. The Hall–Kier alpha value is -1.64. The topological polar surface area (TPSA) is 93.1 Å². The van der Waals surface area contributed by atoms with Crippen LogP contribution in [-0.4, -0.2) is 49.5 Å². The van der Waals surface area contributed by atoms with Crippen LogP contribution in [-0.2, 0) is 19.0 Å². The lowest BCUT2D eigenvalue weighted by atomic mass is 10.2. The number of ether oxygens (including phenoxy) is 1. The van der Waals surface area contributed by atoms with Crippen molar-refractivity contribution in [1.29, 1.82) is 0 Å². The molecule has 0 aromatic heterocycles. The van der Waals surface area contributed by atoms with E-state index in [0.717, 1.165) is 10.5 Å². The smallest absolute Gasteiger partial charge is 0.409 e. The highest BCUT2D eigenvalue weighted by Crippen LogP contribution is 2.28. The summed E-state index contributed by atoms with van der Waals surface area (Å²) in [6.07, 6.45) is -1.18. The fraction of sp³-hybridized carbons (Fsp3) is 0.500. The zero-order valence-corrected chi connectivity index (χ0v) is 13.5. The van der Waals surface area contributed by atoms with Crippen LogP contribution in [0.25, 0.3) is 0 Å². The summed E-state index contributed by atoms with van der Waals surface area (Å²) in [7, 11) is -3.93. The lowest BCUT2D eigenvalue weighted by Gasteiger charge is -2.30. The largest absolute Gasteiger partial charge is 0.465 e. The molecule has 8 heteroatoms. The Morgan fingerprint density at radius 2 is 2.00 bits per heavy atom. The van der Waals surface area contributed by atoms with E-state index >= 15 is 0 Å². The summed E-state index contributed by atoms with van der Waals surface area (Å²) in [5, 5.41) is 9.24. The van der Waals surface area contributed by atoms with Crippen molar-refractivity contribution in [2.45, 2.75) is 37.4 Å². The van der Waals surface area contributed by atoms with Gasteiger partial charge in [-0.1, -0.05) is 17.7 Å². The van der Waals surface area contributed by atoms with Crippen molar-refractivity contribution < 1.29 is 27.2 Å². The van der Waals surface area contributed by atoms with E-state index in [1.54, 1.807) is 26.0 Å². The third kappa shape index (κ3) is 3.40. The minimum Gasteiger partial charge on any atom is -0.465 e. The predicted octanol–water partition coefficient (Wildman–Crippen LogP) is 1.82. The third-order valence-electron chi connectivity index (χ3n) is 3.51. The van der Waals surface area contributed by atoms with Gasteiger partial charge in [0, 0.05) is 0 Å². The maximum absolute atomic E-state index is 12.1. The molecule has 1 amide bonds. The van der Waals surface area contributed by atoms with Crippen molar-refractivity contribution in [3.63, 3.8) is 0 Å². The summed E-state index contributed by atoms with van der Waals surface area (Å²) >= 11 is 0. The fourth-order valence-corrected chi connectivity index (χ4v) is 3.28. The number of carbonyl (C=O) groups is 1. The molecule has 22 heavy (non-hydrogen) atoms. The number of benzene rings is 1. The SMILES string of the molecule is Cc1ccc(S(=O)(=O)OC[C@@H]2COC(C)(C)N2C(=O)O)cc1. The van der Waals surface area contributed by atoms with Gasteiger partial charge in [-0.25, -0.2) is 4.79 Å². The van der Waals surface area contributed by atoms with E-state index in [0.29, 0.717) is 0 Å². The van der Waals surface area contributed by atoms with E-state index in [-0.39, 0.29) is 18.1 Å². The van der Waals surface area contributed by atoms with Gasteiger partial charge in [0.05, 0.1) is 24.2 Å². The summed E-state index contributed by atoms with van der Waals surface area (Å²) in [4.78, 5) is 12.4. The molecule has 1 saturated heterocycles. The lowest BCUT2D eigenvalue weighted by molar-refractivity contribution is -0.0429. The Morgan fingerprint density at radius 1 is 1.41 bits per heavy atom. The summed E-state index contributed by atoms with van der Waals surface area (Å²) < 4.78 is 34.6. The standard InChI is InChI=1S/C14H19NO6S/c1-10-4-6-12(7-5-10)22(18,19)21-9-11-8-20-14(2,3)15(11)13(16)17/h4-7,11H,8-9H2,1-3H3,(H,16,17)/t11-/m0/s1. The number of hydrogen-bond donors (Lipinski definition) is 1. The summed E-state index contributed by atoms with van der Waals surface area (Å²) in [6.45, 7) is 4.86. The normalized spacial score (nSPS) is 21.0. The van der Waals surface area contributed by atoms with Crippen molar-refractivity contribution in [3.8, 4) is 0 Å². The van der Waals surface area contributed by atoms with Crippen LogP contribution in [0.2, 0.25) is 0 Å². The van der Waals surface area contributed by atoms with Crippen molar-refractivity contribution in [2.24, 2.45) is 0 Å². The first-order valence-corrected chi connectivity index (χ1v) is 8.16. The molecule has 2 rings (SSSR count). The van der Waals surface area contributed by atoms with Gasteiger partial charge < -0.3 is 9.84 Å². The van der Waals surface area contributed by atoms with Gasteiger partial charge in [0.1, 0.15) is 5.72 Å². The Labute approximate surface area is 129 Å². The number of amides is 1. The molecular weight excluding hydrogens is 310 g/mol. The molecule has 1 aromatic carbocycles. The van der Waals surface area contributed by atoms with Gasteiger partial charge in [-0.3, -0.25) is 9.08 Å². The molecule has 0 spiro atoms. The van der Waals surface area contributed by atoms with E-state index in [1.807, 2.05) is 6.92 Å². The average molecular weight is 329 g/mol. The van der Waals surface area contributed by atoms with Gasteiger partial charge in [-0.2, -0.15) is 8.42 Å². The van der Waals surface area contributed by atoms with Gasteiger partial charge in [-0.15, -0.1) is 0 Å². The molecule has 1 heterocycles. The van der Waals surface area contributed by atoms with Crippen LogP contribution < -0.4 is 0 Å². The Morgan fingerprint density at radius 3 is 2.55 bits per heavy atom. The van der Waals surface area contributed by atoms with Crippen molar-refractivity contribution in [3.05, 3.63) is 29.8 Å². The van der Waals surface area contributed by atoms with Gasteiger partial charge in [-0.05, 0) is 32.9 Å². The molecule has 0 bridgehead atoms. The van der Waals surface area contributed by atoms with Gasteiger partial charge in [0.2, 0.25) is 0 Å². The van der Waals surface area contributed by atoms with Crippen molar-refractivity contribution in [2.75, 3.05) is 13.2 Å². The van der Waals surface area contributed by atoms with Crippen LogP contribution in [0.15, 0.2) is 29.2 Å². The highest BCUT2D eigenvalue weighted by molar-refractivity contribution is 7.86. The number of rotatable bonds is 4. The van der Waals surface area contributed by atoms with Crippen molar-refractivity contribution >= 4 is 16.2 Å². The molecule has 0 radical (unpaired) electrons. The maximum Gasteiger partial charge on any atom is 0.409 e. The van der Waals surface area contributed by atoms with E-state index in [9.17, 15) is 18.3 Å². The van der Waals surface area contributed by atoms with Crippen molar-refractivity contribution in [1.82, 2.24) is 4.90 Å². The third-order valence-corrected chi connectivity index (χ3v) is 4.80. The average Bonchev–Trinajstić information content (AvgIpc) is 2.72. The molecule has 0 aliphatic carbocycles. The van der Waals surface area contributed by atoms with E-state index in [1.165, 1.54) is 12.1 Å². The highest BCUT2D eigenvalue weighted by atomic mass is 32.2. The molecule has 0 unspecified atom stereocenters. The molecule has 0 saturated carbocycles.